The van der Waals surface area contributed by atoms with Crippen molar-refractivity contribution in [3.63, 3.8) is 0 Å². The van der Waals surface area contributed by atoms with Crippen LogP contribution >= 0.6 is 11.8 Å². The first kappa shape index (κ1) is 19.6. The lowest BCUT2D eigenvalue weighted by Gasteiger charge is -2.35. The Bertz CT molecular complexity index is 961. The van der Waals surface area contributed by atoms with E-state index in [0.29, 0.717) is 38.4 Å². The van der Waals surface area contributed by atoms with Crippen molar-refractivity contribution >= 4 is 22.9 Å². The van der Waals surface area contributed by atoms with E-state index in [0.717, 1.165) is 0 Å². The highest BCUT2D eigenvalue weighted by atomic mass is 32.2. The number of nitrogens with zero attached hydrogens (tertiary/aromatic N) is 3. The van der Waals surface area contributed by atoms with Gasteiger partial charge in [0, 0.05) is 5.56 Å². The zero-order valence-corrected chi connectivity index (χ0v) is 16.8. The normalized spacial score (nSPS) is 18.5. The molecule has 28 heavy (non-hydrogen) atoms. The molecule has 0 bridgehead atoms. The molecule has 1 aromatic rings. The lowest BCUT2D eigenvalue weighted by Crippen LogP contribution is -2.39. The Morgan fingerprint density at radius 2 is 2.14 bits per heavy atom. The molecular formula is C19H20N4O4S. The average molecular weight is 400 g/mol. The molecular weight excluding hydrogens is 380 g/mol. The van der Waals surface area contributed by atoms with E-state index < -0.39 is 12.0 Å². The summed E-state index contributed by atoms with van der Waals surface area (Å²) in [6, 6.07) is 6.80. The van der Waals surface area contributed by atoms with Gasteiger partial charge in [-0.25, -0.2) is 9.79 Å². The molecule has 0 amide bonds. The van der Waals surface area contributed by atoms with E-state index in [1.54, 1.807) is 30.9 Å². The van der Waals surface area contributed by atoms with E-state index in [2.05, 4.69) is 11.1 Å². The number of hydrogen-bond donors (Lipinski definition) is 1. The summed E-state index contributed by atoms with van der Waals surface area (Å²) in [6.45, 7) is 3.69. The zero-order valence-electron chi connectivity index (χ0n) is 16.0. The van der Waals surface area contributed by atoms with Gasteiger partial charge in [0.05, 0.1) is 32.1 Å². The fourth-order valence-corrected chi connectivity index (χ4v) is 4.15. The van der Waals surface area contributed by atoms with Crippen LogP contribution in [0.25, 0.3) is 0 Å². The molecule has 2 heterocycles. The second kappa shape index (κ2) is 7.86. The minimum Gasteiger partial charge on any atom is -0.493 e. The quantitative estimate of drug-likeness (QED) is 0.751. The zero-order chi connectivity index (χ0) is 20.4. The van der Waals surface area contributed by atoms with Crippen LogP contribution < -0.4 is 15.2 Å². The minimum absolute atomic E-state index is 0.220. The molecule has 0 saturated carbocycles. The Balaban J connectivity index is 2.27. The van der Waals surface area contributed by atoms with Crippen LogP contribution in [-0.4, -0.2) is 36.9 Å². The fourth-order valence-electron chi connectivity index (χ4n) is 3.23. The van der Waals surface area contributed by atoms with Crippen LogP contribution in [0.15, 0.2) is 45.2 Å². The first-order valence-corrected chi connectivity index (χ1v) is 9.34. The number of amidine groups is 1. The highest BCUT2D eigenvalue weighted by Gasteiger charge is 2.44. The molecule has 0 aliphatic carbocycles. The SMILES string of the molecule is CCOC(=O)C1=C(C)N=C2SC(C#N)=C(N)N2[C@@H]1c1cccc(OC)c1OC. The summed E-state index contributed by atoms with van der Waals surface area (Å²) in [6.07, 6.45) is 0. The van der Waals surface area contributed by atoms with E-state index in [1.807, 2.05) is 6.07 Å². The number of hydrogen-bond acceptors (Lipinski definition) is 9. The van der Waals surface area contributed by atoms with Gasteiger partial charge in [-0.3, -0.25) is 4.90 Å². The van der Waals surface area contributed by atoms with Gasteiger partial charge in [-0.15, -0.1) is 0 Å². The molecule has 0 saturated heterocycles. The number of nitrogens with two attached hydrogens (primary N) is 1. The molecule has 0 unspecified atom stereocenters. The molecule has 146 valence electrons. The van der Waals surface area contributed by atoms with Crippen molar-refractivity contribution in [3.8, 4) is 17.6 Å². The Labute approximate surface area is 167 Å². The van der Waals surface area contributed by atoms with Crippen LogP contribution in [0.2, 0.25) is 0 Å². The van der Waals surface area contributed by atoms with Gasteiger partial charge in [-0.05, 0) is 31.7 Å². The number of ether oxygens (including phenoxy) is 3. The van der Waals surface area contributed by atoms with E-state index >= 15 is 0 Å². The van der Waals surface area contributed by atoms with Crippen molar-refractivity contribution in [2.24, 2.45) is 10.7 Å². The molecule has 8 nitrogen and oxygen atoms in total. The first-order chi connectivity index (χ1) is 13.5. The molecule has 0 radical (unpaired) electrons. The van der Waals surface area contributed by atoms with Gasteiger partial charge in [0.15, 0.2) is 16.7 Å². The van der Waals surface area contributed by atoms with Crippen molar-refractivity contribution in [2.75, 3.05) is 20.8 Å². The summed E-state index contributed by atoms with van der Waals surface area (Å²) >= 11 is 1.17. The van der Waals surface area contributed by atoms with Crippen molar-refractivity contribution in [2.45, 2.75) is 19.9 Å². The second-order valence-electron chi connectivity index (χ2n) is 5.90. The van der Waals surface area contributed by atoms with Gasteiger partial charge in [0.1, 0.15) is 22.8 Å². The molecule has 9 heteroatoms. The summed E-state index contributed by atoms with van der Waals surface area (Å²) in [7, 11) is 3.06. The van der Waals surface area contributed by atoms with E-state index in [1.165, 1.54) is 26.0 Å². The molecule has 0 fully saturated rings. The first-order valence-electron chi connectivity index (χ1n) is 8.52. The van der Waals surface area contributed by atoms with Crippen LogP contribution in [0, 0.1) is 11.3 Å². The van der Waals surface area contributed by atoms with E-state index in [9.17, 15) is 10.1 Å². The molecule has 1 aromatic carbocycles. The number of para-hydroxylation sites is 1. The number of methoxy groups -OCH3 is 2. The molecule has 2 aliphatic heterocycles. The number of carbonyl (C=O) groups excluding carboxylic acids is 1. The van der Waals surface area contributed by atoms with Crippen LogP contribution in [-0.2, 0) is 9.53 Å². The Morgan fingerprint density at radius 1 is 1.39 bits per heavy atom. The molecule has 3 rings (SSSR count). The standard InChI is InChI=1S/C19H20N4O4S/c1-5-27-18(24)14-10(2)22-19-23(17(21)13(9-20)28-19)15(14)11-7-6-8-12(25-3)16(11)26-4/h6-8,15H,5,21H2,1-4H3/t15-/m1/s1. The lowest BCUT2D eigenvalue weighted by molar-refractivity contribution is -0.139. The van der Waals surface area contributed by atoms with Crippen LogP contribution in [0.3, 0.4) is 0 Å². The van der Waals surface area contributed by atoms with Gasteiger partial charge in [0.25, 0.3) is 0 Å². The third-order valence-electron chi connectivity index (χ3n) is 4.40. The predicted octanol–water partition coefficient (Wildman–Crippen LogP) is 2.65. The van der Waals surface area contributed by atoms with Crippen LogP contribution in [0.1, 0.15) is 25.5 Å². The number of esters is 1. The smallest absolute Gasteiger partial charge is 0.338 e. The maximum atomic E-state index is 12.8. The number of benzene rings is 1. The molecule has 1 atom stereocenters. The number of thioether (sulfide) groups is 1. The van der Waals surface area contributed by atoms with E-state index in [4.69, 9.17) is 19.9 Å². The highest BCUT2D eigenvalue weighted by Crippen LogP contribution is 2.48. The maximum absolute atomic E-state index is 12.8. The van der Waals surface area contributed by atoms with Crippen LogP contribution in [0.4, 0.5) is 0 Å². The number of carbonyl (C=O) groups is 1. The lowest BCUT2D eigenvalue weighted by atomic mass is 9.93. The van der Waals surface area contributed by atoms with Crippen molar-refractivity contribution in [1.82, 2.24) is 4.90 Å². The van der Waals surface area contributed by atoms with Crippen molar-refractivity contribution in [1.29, 1.82) is 5.26 Å². The topological polar surface area (TPSA) is 110 Å². The Morgan fingerprint density at radius 3 is 2.75 bits per heavy atom. The van der Waals surface area contributed by atoms with Crippen molar-refractivity contribution in [3.05, 3.63) is 45.8 Å². The van der Waals surface area contributed by atoms with Gasteiger partial charge in [-0.2, -0.15) is 5.26 Å². The molecule has 0 aromatic heterocycles. The van der Waals surface area contributed by atoms with Crippen molar-refractivity contribution < 1.29 is 19.0 Å². The van der Waals surface area contributed by atoms with Gasteiger partial charge in [-0.1, -0.05) is 12.1 Å². The largest absolute Gasteiger partial charge is 0.493 e. The average Bonchev–Trinajstić information content (AvgIpc) is 3.01. The van der Waals surface area contributed by atoms with Gasteiger partial charge < -0.3 is 19.9 Å². The number of nitriles is 1. The highest BCUT2D eigenvalue weighted by molar-refractivity contribution is 8.17. The van der Waals surface area contributed by atoms with E-state index in [-0.39, 0.29) is 12.4 Å². The minimum atomic E-state index is -0.671. The molecule has 0 spiro atoms. The van der Waals surface area contributed by atoms with Crippen LogP contribution in [0.5, 0.6) is 11.5 Å². The third kappa shape index (κ3) is 3.05. The summed E-state index contributed by atoms with van der Waals surface area (Å²) in [5.74, 6) is 0.713. The Hall–Kier alpha value is -3.12. The number of fused-ring (bicyclic) bond motifs is 1. The summed E-state index contributed by atoms with van der Waals surface area (Å²) < 4.78 is 16.3. The summed E-state index contributed by atoms with van der Waals surface area (Å²) in [5.41, 5.74) is 7.73. The maximum Gasteiger partial charge on any atom is 0.338 e. The van der Waals surface area contributed by atoms with Gasteiger partial charge >= 0.3 is 5.97 Å². The molecule has 2 N–H and O–H groups in total. The predicted molar refractivity (Wildman–Crippen MR) is 105 cm³/mol. The van der Waals surface area contributed by atoms with Gasteiger partial charge in [0.2, 0.25) is 0 Å². The number of rotatable bonds is 5. The number of aliphatic imine (C=N–C) groups is 1. The summed E-state index contributed by atoms with van der Waals surface area (Å²) in [4.78, 5) is 19.3. The Kier molecular flexibility index (Phi) is 5.51. The number of allylic oxidation sites excluding steroid dienone is 2. The second-order valence-corrected chi connectivity index (χ2v) is 6.87. The summed E-state index contributed by atoms with van der Waals surface area (Å²) in [5, 5.41) is 9.93. The monoisotopic (exact) mass is 400 g/mol. The molecule has 2 aliphatic rings. The third-order valence-corrected chi connectivity index (χ3v) is 5.38. The fraction of sp³-hybridized carbons (Fsp3) is 0.316.